The van der Waals surface area contributed by atoms with E-state index in [2.05, 4.69) is 47.5 Å². The van der Waals surface area contributed by atoms with Gasteiger partial charge in [-0.15, -0.1) is 0 Å². The quantitative estimate of drug-likeness (QED) is 0.669. The van der Waals surface area contributed by atoms with Gasteiger partial charge in [0.2, 0.25) is 11.8 Å². The van der Waals surface area contributed by atoms with Gasteiger partial charge in [-0.2, -0.15) is 0 Å². The van der Waals surface area contributed by atoms with E-state index >= 15 is 0 Å². The van der Waals surface area contributed by atoms with E-state index in [9.17, 15) is 9.59 Å². The molecule has 2 amide bonds. The lowest BCUT2D eigenvalue weighted by atomic mass is 9.55. The molecule has 5 heteroatoms. The monoisotopic (exact) mass is 425 g/mol. The van der Waals surface area contributed by atoms with Gasteiger partial charge in [0.15, 0.2) is 0 Å². The van der Waals surface area contributed by atoms with Crippen molar-refractivity contribution in [1.82, 2.24) is 10.2 Å². The molecule has 31 heavy (non-hydrogen) atoms. The van der Waals surface area contributed by atoms with Crippen LogP contribution in [0.1, 0.15) is 65.4 Å². The normalized spacial score (nSPS) is 32.6. The Kier molecular flexibility index (Phi) is 5.93. The van der Waals surface area contributed by atoms with E-state index in [4.69, 9.17) is 5.73 Å². The molecule has 0 bridgehead atoms. The van der Waals surface area contributed by atoms with Crippen molar-refractivity contribution in [2.75, 3.05) is 6.54 Å². The number of nitrogens with one attached hydrogen (secondary N) is 1. The van der Waals surface area contributed by atoms with Crippen LogP contribution in [0.25, 0.3) is 0 Å². The van der Waals surface area contributed by atoms with Gasteiger partial charge in [-0.05, 0) is 60.8 Å². The second kappa shape index (κ2) is 8.23. The first kappa shape index (κ1) is 22.3. The van der Waals surface area contributed by atoms with Crippen LogP contribution in [0.3, 0.4) is 0 Å². The number of benzene rings is 1. The minimum atomic E-state index is -0.602. The molecule has 3 N–H and O–H groups in total. The lowest BCUT2D eigenvalue weighted by Crippen LogP contribution is -2.64. The molecule has 0 saturated heterocycles. The average molecular weight is 426 g/mol. The number of amides is 2. The van der Waals surface area contributed by atoms with Crippen LogP contribution in [0.4, 0.5) is 0 Å². The van der Waals surface area contributed by atoms with Crippen LogP contribution in [0.15, 0.2) is 30.3 Å². The second-order valence-electron chi connectivity index (χ2n) is 10.7. The third kappa shape index (κ3) is 3.49. The van der Waals surface area contributed by atoms with E-state index in [-0.39, 0.29) is 29.7 Å². The van der Waals surface area contributed by atoms with Crippen molar-refractivity contribution < 1.29 is 9.59 Å². The summed E-state index contributed by atoms with van der Waals surface area (Å²) in [6, 6.07) is 9.85. The summed E-state index contributed by atoms with van der Waals surface area (Å²) in [4.78, 5) is 28.6. The summed E-state index contributed by atoms with van der Waals surface area (Å²) in [6.45, 7) is 10.6. The van der Waals surface area contributed by atoms with E-state index in [1.807, 2.05) is 27.7 Å². The number of rotatable bonds is 8. The molecule has 0 aliphatic heterocycles. The van der Waals surface area contributed by atoms with E-state index in [0.717, 1.165) is 5.92 Å². The third-order valence-electron chi connectivity index (χ3n) is 8.44. The number of nitrogens with two attached hydrogens (primary N) is 1. The number of likely N-dealkylation sites (N-methyl/N-ethyl adjacent to an activating group) is 1. The second-order valence-corrected chi connectivity index (χ2v) is 10.7. The molecule has 1 aromatic carbocycles. The molecule has 3 aliphatic rings. The average Bonchev–Trinajstić information content (AvgIpc) is 3.41. The Bertz CT molecular complexity index is 823. The zero-order valence-electron chi connectivity index (χ0n) is 19.7. The van der Waals surface area contributed by atoms with Crippen LogP contribution in [0.2, 0.25) is 0 Å². The van der Waals surface area contributed by atoms with E-state index in [0.29, 0.717) is 23.8 Å². The van der Waals surface area contributed by atoms with Crippen LogP contribution in [-0.4, -0.2) is 41.4 Å². The highest BCUT2D eigenvalue weighted by Crippen LogP contribution is 2.81. The SMILES string of the molecule is CCN(C(=O)C(NC(=O)C(N)C(C)C)C(C)C)C1C2CCC3CC32C1c1ccccc1. The van der Waals surface area contributed by atoms with Crippen molar-refractivity contribution >= 4 is 11.8 Å². The molecule has 5 nitrogen and oxygen atoms in total. The van der Waals surface area contributed by atoms with Gasteiger partial charge in [0.05, 0.1) is 6.04 Å². The minimum absolute atomic E-state index is 0.00586. The van der Waals surface area contributed by atoms with Crippen LogP contribution < -0.4 is 11.1 Å². The lowest BCUT2D eigenvalue weighted by molar-refractivity contribution is -0.148. The van der Waals surface area contributed by atoms with Gasteiger partial charge in [-0.3, -0.25) is 9.59 Å². The Balaban J connectivity index is 1.59. The molecular formula is C26H39N3O2. The maximum Gasteiger partial charge on any atom is 0.245 e. The minimum Gasteiger partial charge on any atom is -0.343 e. The predicted octanol–water partition coefficient (Wildman–Crippen LogP) is 3.54. The first-order chi connectivity index (χ1) is 14.7. The van der Waals surface area contributed by atoms with Gasteiger partial charge in [-0.25, -0.2) is 0 Å². The largest absolute Gasteiger partial charge is 0.343 e. The standard InChI is InChI=1S/C26H39N3O2/c1-6-29(25(31)22(16(4)5)28-24(30)21(27)15(2)3)23-19-13-12-18-14-26(18,19)20(23)17-10-8-7-9-11-17/h7-11,15-16,18-23H,6,12-14,27H2,1-5H3,(H,28,30). The molecule has 4 rings (SSSR count). The Morgan fingerprint density at radius 1 is 1.13 bits per heavy atom. The van der Waals surface area contributed by atoms with Crippen molar-refractivity contribution in [2.45, 2.75) is 77.9 Å². The summed E-state index contributed by atoms with van der Waals surface area (Å²) in [7, 11) is 0. The summed E-state index contributed by atoms with van der Waals surface area (Å²) >= 11 is 0. The van der Waals surface area contributed by atoms with Crippen LogP contribution in [0.5, 0.6) is 0 Å². The molecule has 1 spiro atoms. The molecule has 3 fully saturated rings. The predicted molar refractivity (Wildman–Crippen MR) is 123 cm³/mol. The third-order valence-corrected chi connectivity index (χ3v) is 8.44. The molecule has 3 saturated carbocycles. The summed E-state index contributed by atoms with van der Waals surface area (Å²) in [5.74, 6) is 1.69. The van der Waals surface area contributed by atoms with Gasteiger partial charge in [-0.1, -0.05) is 58.0 Å². The molecular weight excluding hydrogens is 386 g/mol. The van der Waals surface area contributed by atoms with E-state index in [1.165, 1.54) is 24.8 Å². The number of hydrogen-bond acceptors (Lipinski definition) is 3. The molecule has 0 aromatic heterocycles. The zero-order valence-corrected chi connectivity index (χ0v) is 19.7. The molecule has 7 unspecified atom stereocenters. The Labute approximate surface area is 187 Å². The van der Waals surface area contributed by atoms with Crippen molar-refractivity contribution in [2.24, 2.45) is 34.8 Å². The fourth-order valence-electron chi connectivity index (χ4n) is 6.70. The van der Waals surface area contributed by atoms with Crippen molar-refractivity contribution in [1.29, 1.82) is 0 Å². The summed E-state index contributed by atoms with van der Waals surface area (Å²) < 4.78 is 0. The van der Waals surface area contributed by atoms with Crippen LogP contribution >= 0.6 is 0 Å². The van der Waals surface area contributed by atoms with Gasteiger partial charge < -0.3 is 16.0 Å². The van der Waals surface area contributed by atoms with Gasteiger partial charge >= 0.3 is 0 Å². The Morgan fingerprint density at radius 3 is 2.35 bits per heavy atom. The molecule has 1 aromatic rings. The zero-order chi connectivity index (χ0) is 22.5. The Hall–Kier alpha value is -1.88. The summed E-state index contributed by atoms with van der Waals surface area (Å²) in [5.41, 5.74) is 7.85. The van der Waals surface area contributed by atoms with E-state index < -0.39 is 12.1 Å². The first-order valence-electron chi connectivity index (χ1n) is 12.1. The highest BCUT2D eigenvalue weighted by molar-refractivity contribution is 5.90. The smallest absolute Gasteiger partial charge is 0.245 e. The number of nitrogens with zero attached hydrogens (tertiary/aromatic N) is 1. The molecule has 0 heterocycles. The van der Waals surface area contributed by atoms with Crippen molar-refractivity contribution in [3.8, 4) is 0 Å². The maximum atomic E-state index is 13.8. The highest BCUT2D eigenvalue weighted by Gasteiger charge is 2.77. The van der Waals surface area contributed by atoms with Gasteiger partial charge in [0, 0.05) is 18.5 Å². The maximum absolute atomic E-state index is 13.8. The van der Waals surface area contributed by atoms with Crippen LogP contribution in [0, 0.1) is 29.1 Å². The number of hydrogen-bond donors (Lipinski definition) is 2. The van der Waals surface area contributed by atoms with Gasteiger partial charge in [0.25, 0.3) is 0 Å². The number of carbonyl (C=O) groups excluding carboxylic acids is 2. The topological polar surface area (TPSA) is 75.4 Å². The molecule has 170 valence electrons. The summed E-state index contributed by atoms with van der Waals surface area (Å²) in [5, 5.41) is 2.99. The van der Waals surface area contributed by atoms with Crippen molar-refractivity contribution in [3.05, 3.63) is 35.9 Å². The fraction of sp³-hybridized carbons (Fsp3) is 0.692. The van der Waals surface area contributed by atoms with Crippen LogP contribution in [-0.2, 0) is 9.59 Å². The van der Waals surface area contributed by atoms with Crippen molar-refractivity contribution in [3.63, 3.8) is 0 Å². The number of carbonyl (C=O) groups is 2. The fourth-order valence-corrected chi connectivity index (χ4v) is 6.70. The Morgan fingerprint density at radius 2 is 1.81 bits per heavy atom. The molecule has 7 atom stereocenters. The molecule has 3 aliphatic carbocycles. The highest BCUT2D eigenvalue weighted by atomic mass is 16.2. The summed E-state index contributed by atoms with van der Waals surface area (Å²) in [6.07, 6.45) is 3.83. The van der Waals surface area contributed by atoms with Gasteiger partial charge in [0.1, 0.15) is 6.04 Å². The first-order valence-corrected chi connectivity index (χ1v) is 12.1. The molecule has 0 radical (unpaired) electrons. The lowest BCUT2D eigenvalue weighted by Gasteiger charge is -2.57. The van der Waals surface area contributed by atoms with E-state index in [1.54, 1.807) is 0 Å².